The molecule has 0 aliphatic rings. The van der Waals surface area contributed by atoms with Crippen LogP contribution in [0.4, 0.5) is 0 Å². The van der Waals surface area contributed by atoms with E-state index in [9.17, 15) is 4.79 Å². The zero-order valence-electron chi connectivity index (χ0n) is 19.8. The van der Waals surface area contributed by atoms with Gasteiger partial charge in [0.25, 0.3) is 5.91 Å². The number of imidazole rings is 1. The molecule has 6 nitrogen and oxygen atoms in total. The van der Waals surface area contributed by atoms with Crippen molar-refractivity contribution in [2.75, 3.05) is 20.3 Å². The van der Waals surface area contributed by atoms with Gasteiger partial charge in [0, 0.05) is 19.5 Å². The van der Waals surface area contributed by atoms with E-state index in [0.29, 0.717) is 24.5 Å². The number of fused-ring (bicyclic) bond motifs is 1. The van der Waals surface area contributed by atoms with Crippen molar-refractivity contribution in [2.45, 2.75) is 32.7 Å². The number of methoxy groups -OCH3 is 1. The summed E-state index contributed by atoms with van der Waals surface area (Å²) in [5.41, 5.74) is 3.87. The van der Waals surface area contributed by atoms with Gasteiger partial charge < -0.3 is 19.4 Å². The molecule has 176 valence electrons. The molecular weight excluding hydrogens is 426 g/mol. The van der Waals surface area contributed by atoms with Crippen molar-refractivity contribution in [3.8, 4) is 11.5 Å². The first-order valence-electron chi connectivity index (χ1n) is 11.7. The third kappa shape index (κ3) is 5.76. The number of benzene rings is 3. The molecule has 34 heavy (non-hydrogen) atoms. The van der Waals surface area contributed by atoms with Crippen LogP contribution in [0.3, 0.4) is 0 Å². The molecule has 0 unspecified atom stereocenters. The fraction of sp³-hybridized carbons (Fsp3) is 0.286. The fourth-order valence-corrected chi connectivity index (χ4v) is 4.06. The highest BCUT2D eigenvalue weighted by Crippen LogP contribution is 2.19. The van der Waals surface area contributed by atoms with E-state index in [0.717, 1.165) is 48.4 Å². The second kappa shape index (κ2) is 11.4. The number of rotatable bonds is 11. The highest BCUT2D eigenvalue weighted by Gasteiger charge is 2.13. The van der Waals surface area contributed by atoms with E-state index in [2.05, 4.69) is 35.0 Å². The number of ether oxygens (including phenoxy) is 2. The van der Waals surface area contributed by atoms with Crippen LogP contribution in [0.1, 0.15) is 34.6 Å². The Balaban J connectivity index is 1.33. The van der Waals surface area contributed by atoms with E-state index >= 15 is 0 Å². The van der Waals surface area contributed by atoms with Gasteiger partial charge in [0.1, 0.15) is 17.3 Å². The van der Waals surface area contributed by atoms with E-state index in [1.807, 2.05) is 42.5 Å². The van der Waals surface area contributed by atoms with Crippen molar-refractivity contribution in [1.82, 2.24) is 14.9 Å². The minimum absolute atomic E-state index is 0.126. The van der Waals surface area contributed by atoms with Gasteiger partial charge >= 0.3 is 0 Å². The first kappa shape index (κ1) is 23.4. The predicted octanol–water partition coefficient (Wildman–Crippen LogP) is 5.19. The van der Waals surface area contributed by atoms with Crippen molar-refractivity contribution < 1.29 is 14.3 Å². The van der Waals surface area contributed by atoms with Gasteiger partial charge in [0.05, 0.1) is 30.3 Å². The Hall–Kier alpha value is -3.80. The first-order valence-corrected chi connectivity index (χ1v) is 11.7. The summed E-state index contributed by atoms with van der Waals surface area (Å²) in [7, 11) is 1.57. The lowest BCUT2D eigenvalue weighted by Crippen LogP contribution is -2.25. The molecule has 1 N–H and O–H groups in total. The molecule has 0 saturated heterocycles. The van der Waals surface area contributed by atoms with Crippen LogP contribution < -0.4 is 14.8 Å². The van der Waals surface area contributed by atoms with E-state index in [1.54, 1.807) is 19.2 Å². The van der Waals surface area contributed by atoms with Gasteiger partial charge in [-0.2, -0.15) is 0 Å². The van der Waals surface area contributed by atoms with Crippen LogP contribution in [0.5, 0.6) is 11.5 Å². The number of carbonyl (C=O) groups excluding carboxylic acids is 1. The Bertz CT molecular complexity index is 1250. The molecule has 0 aliphatic heterocycles. The largest absolute Gasteiger partial charge is 0.496 e. The van der Waals surface area contributed by atoms with Crippen LogP contribution in [0.2, 0.25) is 0 Å². The lowest BCUT2D eigenvalue weighted by atomic mass is 10.2. The normalized spacial score (nSPS) is 10.9. The SMILES string of the molecule is COc1ccccc1C(=O)NCCCc1nc2ccccc2n1CCCOc1cccc(C)c1. The van der Waals surface area contributed by atoms with Crippen molar-refractivity contribution in [2.24, 2.45) is 0 Å². The molecule has 4 aromatic rings. The lowest BCUT2D eigenvalue weighted by Gasteiger charge is -2.11. The highest BCUT2D eigenvalue weighted by molar-refractivity contribution is 5.96. The number of para-hydroxylation sites is 3. The first-order chi connectivity index (χ1) is 16.7. The Morgan fingerprint density at radius 1 is 1.00 bits per heavy atom. The number of aromatic nitrogens is 2. The summed E-state index contributed by atoms with van der Waals surface area (Å²) in [6, 6.07) is 23.6. The quantitative estimate of drug-likeness (QED) is 0.315. The van der Waals surface area contributed by atoms with Crippen LogP contribution in [0.15, 0.2) is 72.8 Å². The van der Waals surface area contributed by atoms with Gasteiger partial charge in [-0.15, -0.1) is 0 Å². The second-order valence-electron chi connectivity index (χ2n) is 8.25. The van der Waals surface area contributed by atoms with Crippen LogP contribution in [0, 0.1) is 6.92 Å². The van der Waals surface area contributed by atoms with Gasteiger partial charge in [-0.05, 0) is 61.7 Å². The zero-order chi connectivity index (χ0) is 23.8. The molecule has 4 rings (SSSR count). The van der Waals surface area contributed by atoms with Crippen LogP contribution in [-0.4, -0.2) is 35.7 Å². The van der Waals surface area contributed by atoms with E-state index in [1.165, 1.54) is 5.56 Å². The standard InChI is InChI=1S/C28H31N3O3/c1-21-10-7-11-22(20-21)34-19-9-18-31-25-14-5-4-13-24(25)30-27(31)16-8-17-29-28(32)23-12-3-6-15-26(23)33-2/h3-7,10-15,20H,8-9,16-19H2,1-2H3,(H,29,32). The van der Waals surface area contributed by atoms with E-state index in [4.69, 9.17) is 14.5 Å². The molecular formula is C28H31N3O3. The molecule has 1 aromatic heterocycles. The smallest absolute Gasteiger partial charge is 0.255 e. The summed E-state index contributed by atoms with van der Waals surface area (Å²) in [6.45, 7) is 4.10. The number of amides is 1. The minimum atomic E-state index is -0.126. The number of carbonyl (C=O) groups is 1. The Kier molecular flexibility index (Phi) is 7.81. The maximum atomic E-state index is 12.5. The predicted molar refractivity (Wildman–Crippen MR) is 135 cm³/mol. The zero-order valence-corrected chi connectivity index (χ0v) is 19.8. The summed E-state index contributed by atoms with van der Waals surface area (Å²) in [5, 5.41) is 3.00. The average Bonchev–Trinajstić information content (AvgIpc) is 3.21. The molecule has 0 bridgehead atoms. The monoisotopic (exact) mass is 457 g/mol. The van der Waals surface area contributed by atoms with Gasteiger partial charge in [-0.3, -0.25) is 4.79 Å². The Morgan fingerprint density at radius 2 is 1.82 bits per heavy atom. The summed E-state index contributed by atoms with van der Waals surface area (Å²) in [4.78, 5) is 17.4. The number of hydrogen-bond acceptors (Lipinski definition) is 4. The summed E-state index contributed by atoms with van der Waals surface area (Å²) >= 11 is 0. The van der Waals surface area contributed by atoms with E-state index in [-0.39, 0.29) is 5.91 Å². The number of nitrogens with one attached hydrogen (secondary N) is 1. The molecule has 1 amide bonds. The lowest BCUT2D eigenvalue weighted by molar-refractivity contribution is 0.0950. The molecule has 0 saturated carbocycles. The number of hydrogen-bond donors (Lipinski definition) is 1. The maximum Gasteiger partial charge on any atom is 0.255 e. The molecule has 0 fully saturated rings. The third-order valence-corrected chi connectivity index (χ3v) is 5.73. The molecule has 1 heterocycles. The molecule has 0 radical (unpaired) electrons. The summed E-state index contributed by atoms with van der Waals surface area (Å²) in [6.07, 6.45) is 2.45. The fourth-order valence-electron chi connectivity index (χ4n) is 4.06. The molecule has 3 aromatic carbocycles. The Morgan fingerprint density at radius 3 is 2.68 bits per heavy atom. The van der Waals surface area contributed by atoms with Crippen LogP contribution >= 0.6 is 0 Å². The van der Waals surface area contributed by atoms with E-state index < -0.39 is 0 Å². The summed E-state index contributed by atoms with van der Waals surface area (Å²) < 4.78 is 13.5. The van der Waals surface area contributed by atoms with Crippen molar-refractivity contribution >= 4 is 16.9 Å². The van der Waals surface area contributed by atoms with Gasteiger partial charge in [-0.1, -0.05) is 36.4 Å². The molecule has 0 spiro atoms. The maximum absolute atomic E-state index is 12.5. The van der Waals surface area contributed by atoms with Gasteiger partial charge in [0.2, 0.25) is 0 Å². The number of aryl methyl sites for hydroxylation is 3. The third-order valence-electron chi connectivity index (χ3n) is 5.73. The van der Waals surface area contributed by atoms with Crippen LogP contribution in [-0.2, 0) is 13.0 Å². The minimum Gasteiger partial charge on any atom is -0.496 e. The highest BCUT2D eigenvalue weighted by atomic mass is 16.5. The van der Waals surface area contributed by atoms with Gasteiger partial charge in [-0.25, -0.2) is 4.98 Å². The average molecular weight is 458 g/mol. The Labute approximate surface area is 200 Å². The van der Waals surface area contributed by atoms with Crippen molar-refractivity contribution in [1.29, 1.82) is 0 Å². The number of nitrogens with zero attached hydrogens (tertiary/aromatic N) is 2. The van der Waals surface area contributed by atoms with Crippen molar-refractivity contribution in [3.05, 3.63) is 89.7 Å². The summed E-state index contributed by atoms with van der Waals surface area (Å²) in [5.74, 6) is 2.39. The topological polar surface area (TPSA) is 65.4 Å². The van der Waals surface area contributed by atoms with Gasteiger partial charge in [0.15, 0.2) is 0 Å². The van der Waals surface area contributed by atoms with Crippen molar-refractivity contribution in [3.63, 3.8) is 0 Å². The molecule has 0 atom stereocenters. The molecule has 0 aliphatic carbocycles. The van der Waals surface area contributed by atoms with Crippen LogP contribution in [0.25, 0.3) is 11.0 Å². The second-order valence-corrected chi connectivity index (χ2v) is 8.25. The molecule has 6 heteroatoms.